The quantitative estimate of drug-likeness (QED) is 0.429. The Balaban J connectivity index is 1.84. The van der Waals surface area contributed by atoms with Gasteiger partial charge in [0.25, 0.3) is 10.0 Å². The first-order chi connectivity index (χ1) is 14.4. The number of aromatic nitrogens is 1. The minimum Gasteiger partial charge on any atom is -0.250 e. The van der Waals surface area contributed by atoms with Gasteiger partial charge in [-0.1, -0.05) is 54.1 Å². The van der Waals surface area contributed by atoms with Crippen molar-refractivity contribution in [3.05, 3.63) is 101 Å². The van der Waals surface area contributed by atoms with Crippen LogP contribution in [0.1, 0.15) is 16.8 Å². The fourth-order valence-electron chi connectivity index (χ4n) is 3.46. The first kappa shape index (κ1) is 20.3. The predicted molar refractivity (Wildman–Crippen MR) is 122 cm³/mol. The zero-order valence-corrected chi connectivity index (χ0v) is 18.3. The number of aryl methyl sites for hydroxylation is 1. The summed E-state index contributed by atoms with van der Waals surface area (Å²) in [5, 5.41) is 2.41. The Labute approximate surface area is 179 Å². The molecule has 152 valence electrons. The molecule has 0 saturated carbocycles. The third kappa shape index (κ3) is 3.64. The van der Waals surface area contributed by atoms with Crippen LogP contribution in [0.15, 0.2) is 94.1 Å². The summed E-state index contributed by atoms with van der Waals surface area (Å²) in [6, 6.07) is 23.3. The molecule has 0 amide bonds. The number of benzene rings is 3. The first-order valence-corrected chi connectivity index (χ1v) is 12.1. The van der Waals surface area contributed by atoms with Gasteiger partial charge in [-0.05, 0) is 50.3 Å². The lowest BCUT2D eigenvalue weighted by Gasteiger charge is -2.10. The summed E-state index contributed by atoms with van der Waals surface area (Å²) in [7, 11) is -5.09. The maximum atomic E-state index is 13.4. The molecule has 4 nitrogen and oxygen atoms in total. The second kappa shape index (κ2) is 8.05. The van der Waals surface area contributed by atoms with E-state index >= 15 is 0 Å². The Morgan fingerprint density at radius 2 is 1.47 bits per heavy atom. The van der Waals surface area contributed by atoms with Crippen molar-refractivity contribution < 1.29 is 12.6 Å². The van der Waals surface area contributed by atoms with E-state index in [-0.39, 0.29) is 4.90 Å². The summed E-state index contributed by atoms with van der Waals surface area (Å²) < 4.78 is 40.8. The van der Waals surface area contributed by atoms with Gasteiger partial charge in [-0.25, -0.2) is 16.6 Å². The van der Waals surface area contributed by atoms with Crippen LogP contribution in [-0.4, -0.2) is 16.6 Å². The fraction of sp³-hybridized carbons (Fsp3) is 0.0833. The minimum absolute atomic E-state index is 0.229. The molecule has 0 aliphatic heterocycles. The lowest BCUT2D eigenvalue weighted by Crippen LogP contribution is -2.14. The summed E-state index contributed by atoms with van der Waals surface area (Å²) in [5.41, 5.74) is 3.02. The van der Waals surface area contributed by atoms with E-state index in [1.165, 1.54) is 3.97 Å². The molecule has 4 aromatic rings. The molecule has 0 aliphatic carbocycles. The highest BCUT2D eigenvalue weighted by atomic mass is 32.2. The monoisotopic (exact) mass is 435 g/mol. The average molecular weight is 436 g/mol. The van der Waals surface area contributed by atoms with Crippen LogP contribution in [-0.2, 0) is 20.8 Å². The fourth-order valence-corrected chi connectivity index (χ4v) is 5.87. The average Bonchev–Trinajstić information content (AvgIpc) is 3.05. The molecule has 0 bridgehead atoms. The lowest BCUT2D eigenvalue weighted by atomic mass is 10.1. The number of hydrogen-bond acceptors (Lipinski definition) is 3. The molecule has 0 aliphatic rings. The van der Waals surface area contributed by atoms with E-state index in [1.807, 2.05) is 49.4 Å². The summed E-state index contributed by atoms with van der Waals surface area (Å²) in [5.74, 6) is 0. The second-order valence-electron chi connectivity index (χ2n) is 7.01. The molecular weight excluding hydrogens is 414 g/mol. The highest BCUT2D eigenvalue weighted by Gasteiger charge is 2.23. The van der Waals surface area contributed by atoms with Crippen LogP contribution in [0, 0.1) is 13.8 Å². The first-order valence-electron chi connectivity index (χ1n) is 9.46. The number of para-hydroxylation sites is 1. The largest absolute Gasteiger partial charge is 0.268 e. The molecule has 3 aromatic carbocycles. The lowest BCUT2D eigenvalue weighted by molar-refractivity contribution is 0.588. The second-order valence-corrected chi connectivity index (χ2v) is 10.1. The Morgan fingerprint density at radius 3 is 2.17 bits per heavy atom. The highest BCUT2D eigenvalue weighted by molar-refractivity contribution is 7.90. The Morgan fingerprint density at radius 1 is 0.833 bits per heavy atom. The minimum atomic E-state index is -3.76. The predicted octanol–water partition coefficient (Wildman–Crippen LogP) is 5.27. The van der Waals surface area contributed by atoms with E-state index in [9.17, 15) is 12.6 Å². The molecular formula is C24H21NO3S2. The molecule has 0 saturated heterocycles. The summed E-state index contributed by atoms with van der Waals surface area (Å²) in [4.78, 5) is 0.933. The van der Waals surface area contributed by atoms with Gasteiger partial charge in [-0.3, -0.25) is 0 Å². The van der Waals surface area contributed by atoms with Gasteiger partial charge in [-0.15, -0.1) is 0 Å². The molecule has 0 radical (unpaired) electrons. The van der Waals surface area contributed by atoms with Crippen LogP contribution >= 0.6 is 0 Å². The molecule has 0 spiro atoms. The van der Waals surface area contributed by atoms with Crippen LogP contribution in [0.3, 0.4) is 0 Å². The van der Waals surface area contributed by atoms with Gasteiger partial charge in [0, 0.05) is 26.9 Å². The smallest absolute Gasteiger partial charge is 0.250 e. The Hall–Kier alpha value is -2.96. The summed E-state index contributed by atoms with van der Waals surface area (Å²) >= 11 is 0. The van der Waals surface area contributed by atoms with Crippen molar-refractivity contribution >= 4 is 37.8 Å². The molecule has 0 fully saturated rings. The van der Waals surface area contributed by atoms with Crippen molar-refractivity contribution in [1.29, 1.82) is 0 Å². The van der Waals surface area contributed by atoms with Gasteiger partial charge in [0.1, 0.15) is 0 Å². The maximum Gasteiger partial charge on any atom is 0.268 e. The van der Waals surface area contributed by atoms with Gasteiger partial charge >= 0.3 is 0 Å². The normalized spacial score (nSPS) is 13.1. The molecule has 30 heavy (non-hydrogen) atoms. The topological polar surface area (TPSA) is 56.1 Å². The van der Waals surface area contributed by atoms with E-state index in [2.05, 4.69) is 0 Å². The van der Waals surface area contributed by atoms with Crippen molar-refractivity contribution in [3.8, 4) is 0 Å². The van der Waals surface area contributed by atoms with Gasteiger partial charge in [0.2, 0.25) is 0 Å². The van der Waals surface area contributed by atoms with Crippen molar-refractivity contribution in [1.82, 2.24) is 3.97 Å². The van der Waals surface area contributed by atoms with Crippen LogP contribution in [0.2, 0.25) is 0 Å². The van der Waals surface area contributed by atoms with Crippen molar-refractivity contribution in [3.63, 3.8) is 0 Å². The van der Waals surface area contributed by atoms with Crippen LogP contribution in [0.25, 0.3) is 17.0 Å². The van der Waals surface area contributed by atoms with Crippen molar-refractivity contribution in [2.75, 3.05) is 0 Å². The summed E-state index contributed by atoms with van der Waals surface area (Å²) in [6.07, 6.45) is 1.75. The summed E-state index contributed by atoms with van der Waals surface area (Å²) in [6.45, 7) is 3.75. The van der Waals surface area contributed by atoms with Crippen LogP contribution in [0.5, 0.6) is 0 Å². The van der Waals surface area contributed by atoms with Gasteiger partial charge < -0.3 is 0 Å². The number of rotatable bonds is 5. The van der Waals surface area contributed by atoms with Gasteiger partial charge in [0.15, 0.2) is 0 Å². The van der Waals surface area contributed by atoms with Crippen LogP contribution in [0.4, 0.5) is 0 Å². The molecule has 1 heterocycles. The van der Waals surface area contributed by atoms with E-state index in [0.717, 1.165) is 16.5 Å². The Kier molecular flexibility index (Phi) is 5.45. The molecule has 6 heteroatoms. The van der Waals surface area contributed by atoms with E-state index < -0.39 is 20.8 Å². The zero-order chi connectivity index (χ0) is 21.3. The number of nitrogens with zero attached hydrogens (tertiary/aromatic N) is 1. The third-order valence-corrected chi connectivity index (χ3v) is 7.94. The zero-order valence-electron chi connectivity index (χ0n) is 16.6. The maximum absolute atomic E-state index is 13.4. The standard InChI is InChI=1S/C24H21NO3S2/c1-18-12-14-20(15-13-18)29(26)17-16-22-19(2)25(24-11-7-6-10-23(22)24)30(27,28)21-8-4-3-5-9-21/h3-17H,1-2H3/b17-16+. The van der Waals surface area contributed by atoms with E-state index in [0.29, 0.717) is 16.1 Å². The molecule has 4 rings (SSSR count). The highest BCUT2D eigenvalue weighted by Crippen LogP contribution is 2.31. The van der Waals surface area contributed by atoms with E-state index in [1.54, 1.807) is 54.8 Å². The van der Waals surface area contributed by atoms with E-state index in [4.69, 9.17) is 0 Å². The van der Waals surface area contributed by atoms with Gasteiger partial charge in [0.05, 0.1) is 21.2 Å². The van der Waals surface area contributed by atoms with Gasteiger partial charge in [-0.2, -0.15) is 0 Å². The number of fused-ring (bicyclic) bond motifs is 1. The van der Waals surface area contributed by atoms with Crippen LogP contribution < -0.4 is 0 Å². The molecule has 1 atom stereocenters. The van der Waals surface area contributed by atoms with Crippen molar-refractivity contribution in [2.45, 2.75) is 23.6 Å². The third-order valence-electron chi connectivity index (χ3n) is 5.00. The van der Waals surface area contributed by atoms with Crippen molar-refractivity contribution in [2.24, 2.45) is 0 Å². The number of hydrogen-bond donors (Lipinski definition) is 0. The molecule has 1 unspecified atom stereocenters. The molecule has 1 aromatic heterocycles. The molecule has 0 N–H and O–H groups in total. The SMILES string of the molecule is Cc1ccc(S(=O)/C=C/c2c(C)n(S(=O)(=O)c3ccccc3)c3ccccc23)cc1. The Bertz CT molecular complexity index is 1370.